The Morgan fingerprint density at radius 3 is 2.83 bits per heavy atom. The van der Waals surface area contributed by atoms with Crippen LogP contribution in [0.25, 0.3) is 0 Å². The summed E-state index contributed by atoms with van der Waals surface area (Å²) >= 11 is 0. The molecule has 0 unspecified atom stereocenters. The molecular weight excluding hydrogens is 204 g/mol. The molecule has 7 heteroatoms. The van der Waals surface area contributed by atoms with E-state index < -0.39 is 9.05 Å². The van der Waals surface area contributed by atoms with Crippen LogP contribution in [0.5, 0.6) is 0 Å². The van der Waals surface area contributed by atoms with Crippen molar-refractivity contribution >= 4 is 19.7 Å². The number of hydrogen-bond donors (Lipinski definition) is 0. The normalized spacial score (nSPS) is 11.8. The molecule has 0 aliphatic heterocycles. The molecule has 1 heterocycles. The molecular formula is C5H7ClN2O3S. The fourth-order valence-electron chi connectivity index (χ4n) is 0.702. The van der Waals surface area contributed by atoms with Gasteiger partial charge in [-0.25, -0.2) is 8.42 Å². The van der Waals surface area contributed by atoms with Gasteiger partial charge < -0.3 is 4.52 Å². The van der Waals surface area contributed by atoms with Gasteiger partial charge in [0.15, 0.2) is 6.33 Å². The van der Waals surface area contributed by atoms with E-state index >= 15 is 0 Å². The largest absolute Gasteiger partial charge is 0.340 e. The number of halogens is 1. The van der Waals surface area contributed by atoms with E-state index in [2.05, 4.69) is 14.7 Å². The molecule has 1 aromatic heterocycles. The van der Waals surface area contributed by atoms with Crippen molar-refractivity contribution in [1.29, 1.82) is 0 Å². The number of rotatable bonds is 4. The average molecular weight is 211 g/mol. The highest BCUT2D eigenvalue weighted by Crippen LogP contribution is 2.03. The van der Waals surface area contributed by atoms with Gasteiger partial charge in [0, 0.05) is 17.1 Å². The predicted molar refractivity (Wildman–Crippen MR) is 42.3 cm³/mol. The molecule has 0 saturated heterocycles. The van der Waals surface area contributed by atoms with Gasteiger partial charge in [0.2, 0.25) is 14.9 Å². The molecule has 0 bridgehead atoms. The highest BCUT2D eigenvalue weighted by Gasteiger charge is 2.06. The Morgan fingerprint density at radius 1 is 1.58 bits per heavy atom. The molecule has 0 amide bonds. The summed E-state index contributed by atoms with van der Waals surface area (Å²) in [6.45, 7) is 0. The first-order chi connectivity index (χ1) is 5.58. The maximum Gasteiger partial charge on any atom is 0.232 e. The van der Waals surface area contributed by atoms with Crippen molar-refractivity contribution in [2.24, 2.45) is 0 Å². The number of nitrogens with zero attached hydrogens (tertiary/aromatic N) is 2. The van der Waals surface area contributed by atoms with Crippen molar-refractivity contribution in [3.8, 4) is 0 Å². The van der Waals surface area contributed by atoms with Crippen molar-refractivity contribution in [3.05, 3.63) is 12.2 Å². The third-order valence-corrected chi connectivity index (χ3v) is 2.42. The molecule has 0 aliphatic carbocycles. The molecule has 0 aliphatic rings. The third kappa shape index (κ3) is 3.68. The summed E-state index contributed by atoms with van der Waals surface area (Å²) in [7, 11) is 1.58. The van der Waals surface area contributed by atoms with Crippen molar-refractivity contribution in [1.82, 2.24) is 10.1 Å². The van der Waals surface area contributed by atoms with Crippen molar-refractivity contribution in [2.45, 2.75) is 12.8 Å². The number of aryl methyl sites for hydroxylation is 1. The van der Waals surface area contributed by atoms with Crippen LogP contribution >= 0.6 is 10.7 Å². The van der Waals surface area contributed by atoms with Crippen LogP contribution in [0.15, 0.2) is 10.9 Å². The predicted octanol–water partition coefficient (Wildman–Crippen LogP) is 0.571. The monoisotopic (exact) mass is 210 g/mol. The van der Waals surface area contributed by atoms with Gasteiger partial charge in [-0.1, -0.05) is 5.16 Å². The van der Waals surface area contributed by atoms with Gasteiger partial charge >= 0.3 is 0 Å². The van der Waals surface area contributed by atoms with Crippen molar-refractivity contribution in [2.75, 3.05) is 5.75 Å². The lowest BCUT2D eigenvalue weighted by atomic mass is 10.3. The van der Waals surface area contributed by atoms with Crippen LogP contribution in [-0.2, 0) is 15.5 Å². The van der Waals surface area contributed by atoms with E-state index in [9.17, 15) is 8.42 Å². The van der Waals surface area contributed by atoms with E-state index in [1.807, 2.05) is 0 Å². The van der Waals surface area contributed by atoms with Gasteiger partial charge in [0.1, 0.15) is 0 Å². The molecule has 12 heavy (non-hydrogen) atoms. The smallest absolute Gasteiger partial charge is 0.232 e. The first-order valence-corrected chi connectivity index (χ1v) is 5.74. The highest BCUT2D eigenvalue weighted by molar-refractivity contribution is 8.13. The molecule has 0 saturated carbocycles. The first-order valence-electron chi connectivity index (χ1n) is 3.26. The molecule has 0 radical (unpaired) electrons. The zero-order valence-electron chi connectivity index (χ0n) is 6.10. The molecule has 1 aromatic rings. The van der Waals surface area contributed by atoms with Gasteiger partial charge in [0.05, 0.1) is 5.75 Å². The molecule has 1 rings (SSSR count). The van der Waals surface area contributed by atoms with E-state index in [0.717, 1.165) is 0 Å². The quantitative estimate of drug-likeness (QED) is 0.680. The van der Waals surface area contributed by atoms with Gasteiger partial charge in [-0.15, -0.1) is 0 Å². The molecule has 5 nitrogen and oxygen atoms in total. The Hall–Kier alpha value is -0.620. The van der Waals surface area contributed by atoms with Crippen LogP contribution in [0.4, 0.5) is 0 Å². The van der Waals surface area contributed by atoms with Crippen LogP contribution < -0.4 is 0 Å². The molecule has 0 aromatic carbocycles. The summed E-state index contributed by atoms with van der Waals surface area (Å²) in [6, 6.07) is 0. The lowest BCUT2D eigenvalue weighted by Crippen LogP contribution is -1.98. The molecule has 0 fully saturated rings. The minimum atomic E-state index is -3.39. The second kappa shape index (κ2) is 3.86. The molecule has 0 N–H and O–H groups in total. The molecule has 0 spiro atoms. The summed E-state index contributed by atoms with van der Waals surface area (Å²) in [5, 5.41) is 3.37. The SMILES string of the molecule is O=S(=O)(Cl)CCCc1ncno1. The number of hydrogen-bond acceptors (Lipinski definition) is 5. The van der Waals surface area contributed by atoms with E-state index in [4.69, 9.17) is 10.7 Å². The van der Waals surface area contributed by atoms with Gasteiger partial charge in [-0.3, -0.25) is 0 Å². The van der Waals surface area contributed by atoms with Crippen molar-refractivity contribution in [3.63, 3.8) is 0 Å². The van der Waals surface area contributed by atoms with Gasteiger partial charge in [0.25, 0.3) is 0 Å². The van der Waals surface area contributed by atoms with Crippen LogP contribution in [-0.4, -0.2) is 24.3 Å². The fourth-order valence-corrected chi connectivity index (χ4v) is 1.52. The minimum absolute atomic E-state index is 0.0725. The average Bonchev–Trinajstić information content (AvgIpc) is 2.36. The van der Waals surface area contributed by atoms with E-state index in [0.29, 0.717) is 18.7 Å². The van der Waals surface area contributed by atoms with E-state index in [1.165, 1.54) is 6.33 Å². The lowest BCUT2D eigenvalue weighted by molar-refractivity contribution is 0.376. The van der Waals surface area contributed by atoms with Crippen LogP contribution in [0.3, 0.4) is 0 Å². The third-order valence-electron chi connectivity index (χ3n) is 1.19. The molecule has 68 valence electrons. The number of aromatic nitrogens is 2. The first kappa shape index (κ1) is 9.47. The van der Waals surface area contributed by atoms with Crippen molar-refractivity contribution < 1.29 is 12.9 Å². The fraction of sp³-hybridized carbons (Fsp3) is 0.600. The summed E-state index contributed by atoms with van der Waals surface area (Å²) < 4.78 is 25.6. The zero-order chi connectivity index (χ0) is 9.03. The Bertz CT molecular complexity index is 320. The summed E-state index contributed by atoms with van der Waals surface area (Å²) in [5.41, 5.74) is 0. The minimum Gasteiger partial charge on any atom is -0.340 e. The van der Waals surface area contributed by atoms with Gasteiger partial charge in [-0.2, -0.15) is 4.98 Å². The lowest BCUT2D eigenvalue weighted by Gasteiger charge is -1.91. The maximum absolute atomic E-state index is 10.5. The topological polar surface area (TPSA) is 73.1 Å². The summed E-state index contributed by atoms with van der Waals surface area (Å²) in [4.78, 5) is 3.72. The van der Waals surface area contributed by atoms with Crippen LogP contribution in [0.1, 0.15) is 12.3 Å². The van der Waals surface area contributed by atoms with Crippen LogP contribution in [0.2, 0.25) is 0 Å². The highest BCUT2D eigenvalue weighted by atomic mass is 35.7. The Labute approximate surface area is 74.1 Å². The van der Waals surface area contributed by atoms with E-state index in [-0.39, 0.29) is 5.75 Å². The van der Waals surface area contributed by atoms with E-state index in [1.54, 1.807) is 0 Å². The summed E-state index contributed by atoms with van der Waals surface area (Å²) in [6.07, 6.45) is 2.10. The summed E-state index contributed by atoms with van der Waals surface area (Å²) in [5.74, 6) is 0.354. The Balaban J connectivity index is 2.29. The standard InChI is InChI=1S/C5H7ClN2O3S/c6-12(9,10)3-1-2-5-7-4-8-11-5/h4H,1-3H2. The molecule has 0 atom stereocenters. The second-order valence-electron chi connectivity index (χ2n) is 2.18. The second-order valence-corrected chi connectivity index (χ2v) is 5.08. The Morgan fingerprint density at radius 2 is 2.33 bits per heavy atom. The van der Waals surface area contributed by atoms with Crippen LogP contribution in [0, 0.1) is 0 Å². The van der Waals surface area contributed by atoms with Gasteiger partial charge in [-0.05, 0) is 6.42 Å². The maximum atomic E-state index is 10.5. The Kier molecular flexibility index (Phi) is 3.05. The zero-order valence-corrected chi connectivity index (χ0v) is 7.68.